The molecule has 31 heavy (non-hydrogen) atoms. The number of hydrogen-bond donors (Lipinski definition) is 1. The van der Waals surface area contributed by atoms with Crippen molar-refractivity contribution < 1.29 is 27.1 Å². The molecule has 1 amide bonds. The average Bonchev–Trinajstić information content (AvgIpc) is 3.25. The van der Waals surface area contributed by atoms with Crippen LogP contribution in [0.2, 0.25) is 0 Å². The fourth-order valence-electron chi connectivity index (χ4n) is 2.90. The first-order valence-corrected chi connectivity index (χ1v) is 9.41. The Bertz CT molecular complexity index is 1070. The lowest BCUT2D eigenvalue weighted by atomic mass is 10.3. The summed E-state index contributed by atoms with van der Waals surface area (Å²) in [7, 11) is 0. The molecular weight excluding hydrogens is 418 g/mol. The molecule has 11 heteroatoms. The summed E-state index contributed by atoms with van der Waals surface area (Å²) in [4.78, 5) is 16.3. The van der Waals surface area contributed by atoms with E-state index in [-0.39, 0.29) is 23.5 Å². The third-order valence-corrected chi connectivity index (χ3v) is 4.41. The molecule has 0 radical (unpaired) electrons. The first-order valence-electron chi connectivity index (χ1n) is 9.41. The topological polar surface area (TPSA) is 74.0 Å². The second-order valence-corrected chi connectivity index (χ2v) is 7.16. The van der Waals surface area contributed by atoms with Crippen LogP contribution in [-0.2, 0) is 11.0 Å². The predicted octanol–water partition coefficient (Wildman–Crippen LogP) is 4.52. The Morgan fingerprint density at radius 3 is 2.35 bits per heavy atom. The molecule has 2 aromatic heterocycles. The van der Waals surface area contributed by atoms with Crippen molar-refractivity contribution in [1.82, 2.24) is 19.3 Å². The number of amides is 1. The molecule has 7 nitrogen and oxygen atoms in total. The number of rotatable bonds is 6. The number of benzene rings is 1. The van der Waals surface area contributed by atoms with Crippen LogP contribution in [0.5, 0.6) is 5.88 Å². The molecule has 0 aliphatic carbocycles. The van der Waals surface area contributed by atoms with Gasteiger partial charge in [0, 0.05) is 6.20 Å². The van der Waals surface area contributed by atoms with Crippen LogP contribution in [-0.4, -0.2) is 31.3 Å². The SMILES string of the molecule is Cc1nc(C(F)(F)F)cn1C(C)C(=O)Nc1cnn(-c2ccc(F)cc2)c1OC(C)C. The standard InChI is InChI=1S/C20H21F4N5O2/c1-11(2)31-19-16(9-25-29(19)15-7-5-14(21)6-8-15)27-18(30)12(3)28-10-17(20(22,23)24)26-13(28)4/h5-12H,1-4H3,(H,27,30). The first-order chi connectivity index (χ1) is 14.5. The normalized spacial score (nSPS) is 12.8. The number of alkyl halides is 3. The number of imidazole rings is 1. The molecule has 2 heterocycles. The van der Waals surface area contributed by atoms with Crippen LogP contribution >= 0.6 is 0 Å². The van der Waals surface area contributed by atoms with Crippen LogP contribution in [0.4, 0.5) is 23.2 Å². The predicted molar refractivity (Wildman–Crippen MR) is 105 cm³/mol. The van der Waals surface area contributed by atoms with Gasteiger partial charge in [0.2, 0.25) is 11.8 Å². The van der Waals surface area contributed by atoms with Crippen molar-refractivity contribution in [2.45, 2.75) is 46.0 Å². The van der Waals surface area contributed by atoms with Crippen LogP contribution in [0.15, 0.2) is 36.7 Å². The average molecular weight is 439 g/mol. The number of aryl methyl sites for hydroxylation is 1. The van der Waals surface area contributed by atoms with E-state index in [2.05, 4.69) is 15.4 Å². The fraction of sp³-hybridized carbons (Fsp3) is 0.350. The number of anilines is 1. The molecule has 166 valence electrons. The highest BCUT2D eigenvalue weighted by Gasteiger charge is 2.35. The quantitative estimate of drug-likeness (QED) is 0.573. The Hall–Kier alpha value is -3.37. The Labute approximate surface area is 175 Å². The summed E-state index contributed by atoms with van der Waals surface area (Å²) in [6.45, 7) is 6.41. The minimum Gasteiger partial charge on any atom is -0.473 e. The maximum absolute atomic E-state index is 13.3. The number of halogens is 4. The number of nitrogens with zero attached hydrogens (tertiary/aromatic N) is 4. The van der Waals surface area contributed by atoms with E-state index in [4.69, 9.17) is 4.74 Å². The van der Waals surface area contributed by atoms with Crippen molar-refractivity contribution in [3.63, 3.8) is 0 Å². The van der Waals surface area contributed by atoms with Gasteiger partial charge in [-0.15, -0.1) is 0 Å². The summed E-state index contributed by atoms with van der Waals surface area (Å²) >= 11 is 0. The van der Waals surface area contributed by atoms with Gasteiger partial charge in [-0.25, -0.2) is 9.37 Å². The highest BCUT2D eigenvalue weighted by Crippen LogP contribution is 2.31. The highest BCUT2D eigenvalue weighted by atomic mass is 19.4. The Balaban J connectivity index is 1.89. The largest absolute Gasteiger partial charge is 0.473 e. The van der Waals surface area contributed by atoms with Gasteiger partial charge >= 0.3 is 6.18 Å². The van der Waals surface area contributed by atoms with E-state index in [9.17, 15) is 22.4 Å². The maximum atomic E-state index is 13.3. The van der Waals surface area contributed by atoms with Crippen LogP contribution < -0.4 is 10.1 Å². The lowest BCUT2D eigenvalue weighted by Crippen LogP contribution is -2.24. The van der Waals surface area contributed by atoms with Gasteiger partial charge in [0.25, 0.3) is 0 Å². The minimum absolute atomic E-state index is 0.0515. The summed E-state index contributed by atoms with van der Waals surface area (Å²) < 4.78 is 60.4. The van der Waals surface area contributed by atoms with E-state index in [0.717, 1.165) is 10.8 Å². The Morgan fingerprint density at radius 1 is 1.16 bits per heavy atom. The molecule has 1 atom stereocenters. The van der Waals surface area contributed by atoms with Crippen LogP contribution in [0.3, 0.4) is 0 Å². The van der Waals surface area contributed by atoms with Gasteiger partial charge in [-0.05, 0) is 52.0 Å². The third-order valence-electron chi connectivity index (χ3n) is 4.41. The Morgan fingerprint density at radius 2 is 1.81 bits per heavy atom. The lowest BCUT2D eigenvalue weighted by Gasteiger charge is -2.17. The van der Waals surface area contributed by atoms with Gasteiger partial charge in [0.05, 0.1) is 18.0 Å². The third kappa shape index (κ3) is 4.86. The molecule has 0 aliphatic rings. The van der Waals surface area contributed by atoms with Gasteiger partial charge in [-0.3, -0.25) is 4.79 Å². The zero-order valence-corrected chi connectivity index (χ0v) is 17.2. The molecule has 1 aromatic carbocycles. The molecule has 3 aromatic rings. The van der Waals surface area contributed by atoms with Crippen LogP contribution in [0.1, 0.15) is 38.3 Å². The van der Waals surface area contributed by atoms with Gasteiger partial charge in [0.15, 0.2) is 5.69 Å². The second-order valence-electron chi connectivity index (χ2n) is 7.16. The molecule has 0 fully saturated rings. The lowest BCUT2D eigenvalue weighted by molar-refractivity contribution is -0.141. The van der Waals surface area contributed by atoms with Crippen molar-refractivity contribution in [2.24, 2.45) is 0 Å². The maximum Gasteiger partial charge on any atom is 0.434 e. The minimum atomic E-state index is -4.61. The summed E-state index contributed by atoms with van der Waals surface area (Å²) in [5, 5.41) is 6.83. The molecule has 3 rings (SSSR count). The number of ether oxygens (including phenoxy) is 1. The molecule has 1 unspecified atom stereocenters. The molecule has 0 saturated heterocycles. The van der Waals surface area contributed by atoms with Gasteiger partial charge in [0.1, 0.15) is 23.4 Å². The molecule has 0 aliphatic heterocycles. The Kier molecular flexibility index (Phi) is 6.05. The van der Waals surface area contributed by atoms with Crippen molar-refractivity contribution in [2.75, 3.05) is 5.32 Å². The molecular formula is C20H21F4N5O2. The van der Waals surface area contributed by atoms with E-state index in [1.807, 2.05) is 0 Å². The van der Waals surface area contributed by atoms with E-state index in [1.54, 1.807) is 13.8 Å². The zero-order chi connectivity index (χ0) is 22.9. The van der Waals surface area contributed by atoms with Crippen LogP contribution in [0.25, 0.3) is 5.69 Å². The first kappa shape index (κ1) is 22.3. The summed E-state index contributed by atoms with van der Waals surface area (Å²) in [5.41, 5.74) is -0.341. The number of carbonyl (C=O) groups is 1. The smallest absolute Gasteiger partial charge is 0.434 e. The monoisotopic (exact) mass is 439 g/mol. The molecule has 0 bridgehead atoms. The van der Waals surface area contributed by atoms with Crippen molar-refractivity contribution >= 4 is 11.6 Å². The number of aromatic nitrogens is 4. The van der Waals surface area contributed by atoms with E-state index in [1.165, 1.54) is 49.0 Å². The van der Waals surface area contributed by atoms with Gasteiger partial charge in [-0.1, -0.05) is 0 Å². The van der Waals surface area contributed by atoms with Crippen molar-refractivity contribution in [1.29, 1.82) is 0 Å². The van der Waals surface area contributed by atoms with E-state index in [0.29, 0.717) is 5.69 Å². The number of carbonyl (C=O) groups excluding carboxylic acids is 1. The van der Waals surface area contributed by atoms with Crippen molar-refractivity contribution in [3.8, 4) is 11.6 Å². The molecule has 0 saturated carbocycles. The number of nitrogens with one attached hydrogen (secondary N) is 1. The second kappa shape index (κ2) is 8.40. The summed E-state index contributed by atoms with van der Waals surface area (Å²) in [6, 6.07) is 4.53. The van der Waals surface area contributed by atoms with E-state index >= 15 is 0 Å². The van der Waals surface area contributed by atoms with Crippen LogP contribution in [0, 0.1) is 12.7 Å². The summed E-state index contributed by atoms with van der Waals surface area (Å²) in [5.74, 6) is -0.740. The highest BCUT2D eigenvalue weighted by molar-refractivity contribution is 5.94. The molecule has 0 spiro atoms. The number of hydrogen-bond acceptors (Lipinski definition) is 4. The fourth-order valence-corrected chi connectivity index (χ4v) is 2.90. The van der Waals surface area contributed by atoms with Gasteiger partial charge in [-0.2, -0.15) is 23.0 Å². The van der Waals surface area contributed by atoms with E-state index < -0.39 is 29.6 Å². The molecule has 1 N–H and O–H groups in total. The van der Waals surface area contributed by atoms with Gasteiger partial charge < -0.3 is 14.6 Å². The summed E-state index contributed by atoms with van der Waals surface area (Å²) in [6.07, 6.45) is -2.73. The zero-order valence-electron chi connectivity index (χ0n) is 17.2. The van der Waals surface area contributed by atoms with Crippen molar-refractivity contribution in [3.05, 3.63) is 54.0 Å².